The van der Waals surface area contributed by atoms with E-state index < -0.39 is 5.41 Å². The Kier molecular flexibility index (Phi) is 6.48. The molecule has 3 aliphatic carbocycles. The summed E-state index contributed by atoms with van der Waals surface area (Å²) in [5, 5.41) is 5.36. The number of nitrogens with zero attached hydrogens (tertiary/aromatic N) is 2. The van der Waals surface area contributed by atoms with Crippen LogP contribution in [-0.2, 0) is 18.5 Å². The largest absolute Gasteiger partial charge is 0.335 e. The molecule has 1 spiro atoms. The Labute approximate surface area is 376 Å². The molecule has 0 saturated carbocycles. The fourth-order valence-corrected chi connectivity index (χ4v) is 13.6. The fraction of sp³-hybridized carbons (Fsp3) is 0.0794. The quantitative estimate of drug-likeness (QED) is 0.164. The Morgan fingerprint density at radius 1 is 0.400 bits per heavy atom. The lowest BCUT2D eigenvalue weighted by Crippen LogP contribution is -2.25. The monoisotopic (exact) mass is 824 g/mol. The van der Waals surface area contributed by atoms with Gasteiger partial charge in [0.25, 0.3) is 0 Å². The molecule has 0 amide bonds. The normalized spacial score (nSPS) is 18.1. The molecule has 0 radical (unpaired) electrons. The molecule has 9 aromatic carbocycles. The van der Waals surface area contributed by atoms with E-state index in [4.69, 9.17) is 0 Å². The second kappa shape index (κ2) is 12.2. The lowest BCUT2D eigenvalue weighted by atomic mass is 9.70. The molecule has 65 heavy (non-hydrogen) atoms. The van der Waals surface area contributed by atoms with Crippen molar-refractivity contribution in [1.82, 2.24) is 9.13 Å². The predicted molar refractivity (Wildman–Crippen MR) is 269 cm³/mol. The summed E-state index contributed by atoms with van der Waals surface area (Å²) in [5.41, 5.74) is 28.2. The number of rotatable bonds is 2. The summed E-state index contributed by atoms with van der Waals surface area (Å²) in [6.45, 7) is 1.71. The molecule has 2 unspecified atom stereocenters. The van der Waals surface area contributed by atoms with Gasteiger partial charge in [0.15, 0.2) is 0 Å². The average molecular weight is 825 g/mol. The average Bonchev–Trinajstić information content (AvgIpc) is 4.07. The highest BCUT2D eigenvalue weighted by molar-refractivity contribution is 6.21. The van der Waals surface area contributed by atoms with Crippen LogP contribution < -0.4 is 0 Å². The van der Waals surface area contributed by atoms with Crippen molar-refractivity contribution in [2.75, 3.05) is 0 Å². The van der Waals surface area contributed by atoms with Crippen LogP contribution in [0.2, 0.25) is 0 Å². The van der Waals surface area contributed by atoms with Crippen molar-refractivity contribution in [2.24, 2.45) is 0 Å². The standard InChI is InChI=1S/C63H40N2/c1-3-13-37(14-4-1)39-25-27-41-35-64-59-43(19-11-21-45(59)51(41)33-39)47-29-31-55-57(61(47)64)49-17-7-9-23-53(49)63(55)54-24-10-8-18-50(54)58-56(63)32-30-48-44-20-12-22-46-52-34-40(38-15-5-2-6-16-38)26-28-42(52)36-65(60(44)46)62(48)58/h1-25,27-34,40H,26,35-36H2. The highest BCUT2D eigenvalue weighted by Crippen LogP contribution is 2.66. The molecule has 2 heteroatoms. The number of para-hydroxylation sites is 2. The van der Waals surface area contributed by atoms with Crippen molar-refractivity contribution in [3.05, 3.63) is 245 Å². The Hall–Kier alpha value is -7.94. The molecule has 5 aliphatic rings. The van der Waals surface area contributed by atoms with Crippen molar-refractivity contribution >= 4 is 49.2 Å². The SMILES string of the molecule is C1=C2Cn3c4c(cccc4c4ccc5c(c43)-c3ccccc3C53c4ccccc4-c4c3ccc3c5cccc6c5n(c43)Cc3ccc(-c4ccccc4)cc3-6)C2=CC(c2ccccc2)C1. The number of hydrogen-bond acceptors (Lipinski definition) is 0. The van der Waals surface area contributed by atoms with Gasteiger partial charge >= 0.3 is 0 Å². The van der Waals surface area contributed by atoms with Gasteiger partial charge in [0.1, 0.15) is 0 Å². The van der Waals surface area contributed by atoms with Crippen molar-refractivity contribution in [3.8, 4) is 44.5 Å². The number of aromatic nitrogens is 2. The zero-order chi connectivity index (χ0) is 42.1. The van der Waals surface area contributed by atoms with E-state index in [0.717, 1.165) is 19.5 Å². The minimum absolute atomic E-state index is 0.382. The van der Waals surface area contributed by atoms with E-state index in [2.05, 4.69) is 209 Å². The van der Waals surface area contributed by atoms with Crippen LogP contribution in [0.1, 0.15) is 51.3 Å². The van der Waals surface area contributed by atoms with Crippen LogP contribution in [0.25, 0.3) is 93.7 Å². The molecule has 2 atom stereocenters. The molecule has 2 aliphatic heterocycles. The van der Waals surface area contributed by atoms with Gasteiger partial charge in [-0.15, -0.1) is 0 Å². The lowest BCUT2D eigenvalue weighted by Gasteiger charge is -2.30. The molecule has 0 fully saturated rings. The fourth-order valence-electron chi connectivity index (χ4n) is 13.6. The summed E-state index contributed by atoms with van der Waals surface area (Å²) in [4.78, 5) is 0. The van der Waals surface area contributed by atoms with E-state index in [1.165, 1.54) is 138 Å². The van der Waals surface area contributed by atoms with E-state index in [-0.39, 0.29) is 0 Å². The zero-order valence-corrected chi connectivity index (χ0v) is 35.6. The predicted octanol–water partition coefficient (Wildman–Crippen LogP) is 15.5. The Morgan fingerprint density at radius 3 is 1.66 bits per heavy atom. The molecule has 0 N–H and O–H groups in total. The first-order valence-corrected chi connectivity index (χ1v) is 23.3. The van der Waals surface area contributed by atoms with Crippen molar-refractivity contribution < 1.29 is 0 Å². The van der Waals surface area contributed by atoms with E-state index in [1.54, 1.807) is 0 Å². The van der Waals surface area contributed by atoms with Gasteiger partial charge in [-0.05, 0) is 84.8 Å². The third-order valence-electron chi connectivity index (χ3n) is 16.1. The molecule has 0 saturated heterocycles. The molecule has 302 valence electrons. The summed E-state index contributed by atoms with van der Waals surface area (Å²) in [7, 11) is 0. The van der Waals surface area contributed by atoms with Gasteiger partial charge in [-0.3, -0.25) is 0 Å². The van der Waals surface area contributed by atoms with Crippen LogP contribution in [0.5, 0.6) is 0 Å². The molecule has 4 heterocycles. The Morgan fingerprint density at radius 2 is 0.969 bits per heavy atom. The number of hydrogen-bond donors (Lipinski definition) is 0. The van der Waals surface area contributed by atoms with Crippen LogP contribution in [0, 0.1) is 0 Å². The molecular formula is C63H40N2. The van der Waals surface area contributed by atoms with E-state index in [9.17, 15) is 0 Å². The minimum Gasteiger partial charge on any atom is -0.335 e. The highest BCUT2D eigenvalue weighted by Gasteiger charge is 2.53. The first-order chi connectivity index (χ1) is 32.3. The van der Waals surface area contributed by atoms with E-state index in [0.29, 0.717) is 5.92 Å². The first-order valence-electron chi connectivity index (χ1n) is 23.3. The maximum absolute atomic E-state index is 2.69. The van der Waals surface area contributed by atoms with Gasteiger partial charge in [0, 0.05) is 62.8 Å². The molecule has 16 rings (SSSR count). The Balaban J connectivity index is 0.966. The zero-order valence-electron chi connectivity index (χ0n) is 35.6. The summed E-state index contributed by atoms with van der Waals surface area (Å²) < 4.78 is 5.36. The summed E-state index contributed by atoms with van der Waals surface area (Å²) >= 11 is 0. The molecule has 2 aromatic heterocycles. The summed E-state index contributed by atoms with van der Waals surface area (Å²) in [5.74, 6) is 0.382. The Bertz CT molecular complexity index is 4020. The molecular weight excluding hydrogens is 785 g/mol. The van der Waals surface area contributed by atoms with Crippen LogP contribution in [0.15, 0.2) is 206 Å². The molecule has 11 aromatic rings. The maximum atomic E-state index is 2.69. The van der Waals surface area contributed by atoms with Gasteiger partial charge in [-0.1, -0.05) is 194 Å². The lowest BCUT2D eigenvalue weighted by molar-refractivity contribution is 0.789. The topological polar surface area (TPSA) is 9.86 Å². The second-order valence-electron chi connectivity index (χ2n) is 19.0. The van der Waals surface area contributed by atoms with Crippen LogP contribution >= 0.6 is 0 Å². The smallest absolute Gasteiger partial charge is 0.0727 e. The summed E-state index contributed by atoms with van der Waals surface area (Å²) in [6, 6.07) is 71.7. The van der Waals surface area contributed by atoms with Gasteiger partial charge in [0.2, 0.25) is 0 Å². The third-order valence-corrected chi connectivity index (χ3v) is 16.1. The van der Waals surface area contributed by atoms with Crippen LogP contribution in [-0.4, -0.2) is 9.13 Å². The first kappa shape index (κ1) is 34.5. The number of allylic oxidation sites excluding steroid dienone is 4. The molecule has 2 nitrogen and oxygen atoms in total. The van der Waals surface area contributed by atoms with Crippen molar-refractivity contribution in [1.29, 1.82) is 0 Å². The minimum atomic E-state index is -0.469. The van der Waals surface area contributed by atoms with Gasteiger partial charge < -0.3 is 9.13 Å². The number of fused-ring (bicyclic) bond motifs is 22. The van der Waals surface area contributed by atoms with Crippen molar-refractivity contribution in [2.45, 2.75) is 30.8 Å². The van der Waals surface area contributed by atoms with Gasteiger partial charge in [-0.25, -0.2) is 0 Å². The van der Waals surface area contributed by atoms with E-state index >= 15 is 0 Å². The van der Waals surface area contributed by atoms with Crippen molar-refractivity contribution in [3.63, 3.8) is 0 Å². The van der Waals surface area contributed by atoms with Gasteiger partial charge in [-0.2, -0.15) is 0 Å². The maximum Gasteiger partial charge on any atom is 0.0727 e. The van der Waals surface area contributed by atoms with Gasteiger partial charge in [0.05, 0.1) is 27.5 Å². The molecule has 0 bridgehead atoms. The van der Waals surface area contributed by atoms with E-state index in [1.807, 2.05) is 0 Å². The number of benzene rings is 9. The summed E-state index contributed by atoms with van der Waals surface area (Å²) in [6.07, 6.45) is 6.12. The van der Waals surface area contributed by atoms with Crippen LogP contribution in [0.3, 0.4) is 0 Å². The second-order valence-corrected chi connectivity index (χ2v) is 19.0. The highest BCUT2D eigenvalue weighted by atomic mass is 15.0. The van der Waals surface area contributed by atoms with Crippen LogP contribution in [0.4, 0.5) is 0 Å². The third kappa shape index (κ3) is 4.18.